The highest BCUT2D eigenvalue weighted by Gasteiger charge is 2.15. The van der Waals surface area contributed by atoms with Crippen molar-refractivity contribution in [3.05, 3.63) is 41.3 Å². The summed E-state index contributed by atoms with van der Waals surface area (Å²) in [6.45, 7) is 11.0. The molecule has 2 rings (SSSR count). The molecule has 0 amide bonds. The van der Waals surface area contributed by atoms with Crippen LogP contribution in [-0.2, 0) is 5.75 Å². The fourth-order valence-corrected chi connectivity index (χ4v) is 3.79. The highest BCUT2D eigenvalue weighted by Crippen LogP contribution is 2.23. The van der Waals surface area contributed by atoms with Crippen molar-refractivity contribution in [1.82, 2.24) is 4.98 Å². The molecule has 2 nitrogen and oxygen atoms in total. The first-order valence-electron chi connectivity index (χ1n) is 6.52. The topological polar surface area (TPSA) is 26.0 Å². The van der Waals surface area contributed by atoms with Crippen molar-refractivity contribution in [2.45, 2.75) is 44.5 Å². The average Bonchev–Trinajstić information content (AvgIpc) is 2.66. The molecule has 0 bridgehead atoms. The van der Waals surface area contributed by atoms with Crippen LogP contribution >= 0.6 is 11.8 Å². The molecule has 0 unspecified atom stereocenters. The van der Waals surface area contributed by atoms with Crippen LogP contribution in [-0.4, -0.2) is 13.1 Å². The largest absolute Gasteiger partial charge is 0.437 e. The fraction of sp³-hybridized carbons (Fsp3) is 0.400. The highest BCUT2D eigenvalue weighted by molar-refractivity contribution is 7.98. The Labute approximate surface area is 120 Å². The van der Waals surface area contributed by atoms with Gasteiger partial charge in [0.05, 0.1) is 13.8 Å². The van der Waals surface area contributed by atoms with Crippen LogP contribution < -0.4 is 5.19 Å². The van der Waals surface area contributed by atoms with Gasteiger partial charge in [-0.15, -0.1) is 0 Å². The van der Waals surface area contributed by atoms with Crippen molar-refractivity contribution in [3.8, 4) is 0 Å². The van der Waals surface area contributed by atoms with E-state index in [1.165, 1.54) is 10.8 Å². The summed E-state index contributed by atoms with van der Waals surface area (Å²) in [4.78, 5) is 4.39. The molecule has 0 radical (unpaired) electrons. The normalized spacial score (nSPS) is 11.8. The van der Waals surface area contributed by atoms with E-state index in [0.717, 1.165) is 22.4 Å². The summed E-state index contributed by atoms with van der Waals surface area (Å²) in [7, 11) is -1.18. The Balaban J connectivity index is 2.00. The standard InChI is InChI=1S/C15H21NOSSi/c1-11-12(2)17-15(16-11)18-10-13-6-8-14(9-7-13)19(3,4)5/h6-9H,10H2,1-5H3. The minimum absolute atomic E-state index is 0.768. The Hall–Kier alpha value is -1.00. The number of thioether (sulfide) groups is 1. The maximum absolute atomic E-state index is 5.57. The quantitative estimate of drug-likeness (QED) is 0.626. The van der Waals surface area contributed by atoms with Crippen LogP contribution in [0, 0.1) is 13.8 Å². The molecule has 0 atom stereocenters. The van der Waals surface area contributed by atoms with Crippen LogP contribution in [0.5, 0.6) is 0 Å². The van der Waals surface area contributed by atoms with Crippen molar-refractivity contribution >= 4 is 25.0 Å². The van der Waals surface area contributed by atoms with Crippen LogP contribution in [0.2, 0.25) is 19.6 Å². The van der Waals surface area contributed by atoms with Gasteiger partial charge in [-0.1, -0.05) is 60.9 Å². The molecule has 0 saturated heterocycles. The smallest absolute Gasteiger partial charge is 0.256 e. The van der Waals surface area contributed by atoms with Crippen LogP contribution in [0.4, 0.5) is 0 Å². The number of aryl methyl sites for hydroxylation is 2. The molecule has 0 N–H and O–H groups in total. The first-order chi connectivity index (χ1) is 8.86. The molecule has 1 aromatic heterocycles. The lowest BCUT2D eigenvalue weighted by Crippen LogP contribution is -2.37. The number of nitrogens with zero attached hydrogens (tertiary/aromatic N) is 1. The Kier molecular flexibility index (Phi) is 4.21. The van der Waals surface area contributed by atoms with Gasteiger partial charge in [0.2, 0.25) is 0 Å². The van der Waals surface area contributed by atoms with Gasteiger partial charge >= 0.3 is 0 Å². The molecule has 2 aromatic rings. The van der Waals surface area contributed by atoms with Gasteiger partial charge in [0.15, 0.2) is 0 Å². The monoisotopic (exact) mass is 291 g/mol. The first-order valence-corrected chi connectivity index (χ1v) is 11.0. The van der Waals surface area contributed by atoms with Gasteiger partial charge in [-0.2, -0.15) is 0 Å². The molecular formula is C15H21NOSSi. The van der Waals surface area contributed by atoms with E-state index in [4.69, 9.17) is 4.42 Å². The van der Waals surface area contributed by atoms with Crippen molar-refractivity contribution in [2.24, 2.45) is 0 Å². The van der Waals surface area contributed by atoms with E-state index in [9.17, 15) is 0 Å². The van der Waals surface area contributed by atoms with Crippen LogP contribution in [0.1, 0.15) is 17.0 Å². The number of aromatic nitrogens is 1. The lowest BCUT2D eigenvalue weighted by Gasteiger charge is -2.16. The third-order valence-corrected chi connectivity index (χ3v) is 6.16. The van der Waals surface area contributed by atoms with E-state index in [1.54, 1.807) is 11.8 Å². The number of hydrogen-bond acceptors (Lipinski definition) is 3. The summed E-state index contributed by atoms with van der Waals surface area (Å²) in [6.07, 6.45) is 0. The van der Waals surface area contributed by atoms with Gasteiger partial charge in [0, 0.05) is 5.75 Å². The van der Waals surface area contributed by atoms with Gasteiger partial charge in [-0.05, 0) is 19.4 Å². The van der Waals surface area contributed by atoms with Crippen molar-refractivity contribution < 1.29 is 4.42 Å². The molecule has 102 valence electrons. The lowest BCUT2D eigenvalue weighted by molar-refractivity contribution is 0.431. The Bertz CT molecular complexity index is 535. The zero-order valence-electron chi connectivity index (χ0n) is 12.3. The minimum atomic E-state index is -1.18. The maximum Gasteiger partial charge on any atom is 0.256 e. The van der Waals surface area contributed by atoms with E-state index in [2.05, 4.69) is 48.9 Å². The van der Waals surface area contributed by atoms with Crippen molar-refractivity contribution in [2.75, 3.05) is 0 Å². The molecule has 1 heterocycles. The average molecular weight is 291 g/mol. The Morgan fingerprint density at radius 2 is 1.74 bits per heavy atom. The summed E-state index contributed by atoms with van der Waals surface area (Å²) < 4.78 is 5.57. The highest BCUT2D eigenvalue weighted by atomic mass is 32.2. The van der Waals surface area contributed by atoms with E-state index >= 15 is 0 Å². The second-order valence-corrected chi connectivity index (χ2v) is 11.9. The summed E-state index contributed by atoms with van der Waals surface area (Å²) >= 11 is 1.66. The SMILES string of the molecule is Cc1nc(SCc2ccc([Si](C)(C)C)cc2)oc1C. The summed E-state index contributed by atoms with van der Waals surface area (Å²) in [5.41, 5.74) is 2.30. The van der Waals surface area contributed by atoms with Gasteiger partial charge in [-0.3, -0.25) is 0 Å². The summed E-state index contributed by atoms with van der Waals surface area (Å²) in [5, 5.41) is 2.27. The third kappa shape index (κ3) is 3.73. The Morgan fingerprint density at radius 3 is 2.21 bits per heavy atom. The molecule has 0 fully saturated rings. The Morgan fingerprint density at radius 1 is 1.11 bits per heavy atom. The number of oxazole rings is 1. The van der Waals surface area contributed by atoms with Crippen LogP contribution in [0.25, 0.3) is 0 Å². The molecule has 0 aliphatic carbocycles. The predicted octanol–water partition coefficient (Wildman–Crippen LogP) is 4.13. The number of benzene rings is 1. The van der Waals surface area contributed by atoms with Crippen molar-refractivity contribution in [1.29, 1.82) is 0 Å². The lowest BCUT2D eigenvalue weighted by atomic mass is 10.2. The number of rotatable bonds is 4. The molecule has 4 heteroatoms. The van der Waals surface area contributed by atoms with Gasteiger partial charge in [0.25, 0.3) is 5.22 Å². The van der Waals surface area contributed by atoms with E-state index in [-0.39, 0.29) is 0 Å². The molecule has 0 spiro atoms. The molecular weight excluding hydrogens is 270 g/mol. The number of hydrogen-bond donors (Lipinski definition) is 0. The molecule has 0 aliphatic rings. The second kappa shape index (κ2) is 5.55. The van der Waals surface area contributed by atoms with Gasteiger partial charge in [0.1, 0.15) is 5.76 Å². The van der Waals surface area contributed by atoms with Crippen LogP contribution in [0.15, 0.2) is 33.9 Å². The minimum Gasteiger partial charge on any atom is -0.437 e. The van der Waals surface area contributed by atoms with E-state index in [0.29, 0.717) is 0 Å². The van der Waals surface area contributed by atoms with Gasteiger partial charge in [-0.25, -0.2) is 4.98 Å². The zero-order valence-corrected chi connectivity index (χ0v) is 14.1. The van der Waals surface area contributed by atoms with E-state index in [1.807, 2.05) is 13.8 Å². The summed E-state index contributed by atoms with van der Waals surface area (Å²) in [6, 6.07) is 8.99. The molecule has 0 saturated carbocycles. The van der Waals surface area contributed by atoms with Crippen molar-refractivity contribution in [3.63, 3.8) is 0 Å². The van der Waals surface area contributed by atoms with E-state index < -0.39 is 8.07 Å². The predicted molar refractivity (Wildman–Crippen MR) is 85.0 cm³/mol. The molecule has 19 heavy (non-hydrogen) atoms. The first kappa shape index (κ1) is 14.4. The second-order valence-electron chi connectivity index (χ2n) is 5.86. The zero-order chi connectivity index (χ0) is 14.0. The van der Waals surface area contributed by atoms with Gasteiger partial charge < -0.3 is 4.42 Å². The molecule has 1 aromatic carbocycles. The fourth-order valence-electron chi connectivity index (χ4n) is 1.75. The molecule has 0 aliphatic heterocycles. The third-order valence-electron chi connectivity index (χ3n) is 3.19. The maximum atomic E-state index is 5.57. The summed E-state index contributed by atoms with van der Waals surface area (Å²) in [5.74, 6) is 1.82. The van der Waals surface area contributed by atoms with Crippen LogP contribution in [0.3, 0.4) is 0 Å².